The van der Waals surface area contributed by atoms with Crippen molar-refractivity contribution in [3.63, 3.8) is 0 Å². The number of benzene rings is 2. The van der Waals surface area contributed by atoms with Crippen LogP contribution in [0.15, 0.2) is 48.5 Å². The van der Waals surface area contributed by atoms with Gasteiger partial charge in [0.1, 0.15) is 18.1 Å². The summed E-state index contributed by atoms with van der Waals surface area (Å²) in [4.78, 5) is 0. The Morgan fingerprint density at radius 1 is 1.00 bits per heavy atom. The van der Waals surface area contributed by atoms with Crippen molar-refractivity contribution in [3.8, 4) is 11.5 Å². The van der Waals surface area contributed by atoms with E-state index in [4.69, 9.17) is 9.47 Å². The van der Waals surface area contributed by atoms with Crippen molar-refractivity contribution in [1.29, 1.82) is 0 Å². The van der Waals surface area contributed by atoms with Crippen LogP contribution in [-0.2, 0) is 23.0 Å². The van der Waals surface area contributed by atoms with Gasteiger partial charge in [0.2, 0.25) is 10.0 Å². The highest BCUT2D eigenvalue weighted by molar-refractivity contribution is 7.89. The molecule has 0 unspecified atom stereocenters. The van der Waals surface area contributed by atoms with Crippen LogP contribution >= 0.6 is 0 Å². The smallest absolute Gasteiger partial charge is 0.217 e. The molecule has 0 aromatic heterocycles. The Hall–Kier alpha value is -2.05. The summed E-state index contributed by atoms with van der Waals surface area (Å²) < 4.78 is 37.2. The molecule has 0 aliphatic carbocycles. The predicted molar refractivity (Wildman–Crippen MR) is 92.8 cm³/mol. The topological polar surface area (TPSA) is 55.8 Å². The quantitative estimate of drug-likeness (QED) is 0.805. The zero-order valence-corrected chi connectivity index (χ0v) is 14.5. The monoisotopic (exact) mass is 347 g/mol. The standard InChI is InChI=1S/C18H21NO4S/c1-22-17-6-8-18(9-7-17)23-12-13-24(20,21)19-11-10-15-4-2-3-5-16(15)14-19/h2-9H,10-14H2,1H3. The van der Waals surface area contributed by atoms with E-state index in [2.05, 4.69) is 6.07 Å². The third-order valence-electron chi connectivity index (χ3n) is 4.16. The SMILES string of the molecule is COc1ccc(OCCS(=O)(=O)N2CCc3ccccc3C2)cc1. The summed E-state index contributed by atoms with van der Waals surface area (Å²) in [5, 5.41) is 0. The first-order chi connectivity index (χ1) is 11.6. The molecule has 0 N–H and O–H groups in total. The van der Waals surface area contributed by atoms with Crippen molar-refractivity contribution in [2.24, 2.45) is 0 Å². The first-order valence-electron chi connectivity index (χ1n) is 7.90. The van der Waals surface area contributed by atoms with Crippen LogP contribution < -0.4 is 9.47 Å². The number of ether oxygens (including phenoxy) is 2. The van der Waals surface area contributed by atoms with Crippen LogP contribution in [-0.4, -0.2) is 38.7 Å². The maximum atomic E-state index is 12.5. The molecule has 0 fully saturated rings. The zero-order valence-electron chi connectivity index (χ0n) is 13.6. The van der Waals surface area contributed by atoms with Crippen molar-refractivity contribution in [3.05, 3.63) is 59.7 Å². The average molecular weight is 347 g/mol. The van der Waals surface area contributed by atoms with Gasteiger partial charge in [-0.25, -0.2) is 8.42 Å². The maximum Gasteiger partial charge on any atom is 0.217 e. The lowest BCUT2D eigenvalue weighted by Gasteiger charge is -2.28. The van der Waals surface area contributed by atoms with Crippen LogP contribution in [0.4, 0.5) is 0 Å². The third kappa shape index (κ3) is 3.88. The van der Waals surface area contributed by atoms with E-state index in [1.54, 1.807) is 35.7 Å². The first kappa shape index (κ1) is 16.8. The zero-order chi connectivity index (χ0) is 17.0. The Morgan fingerprint density at radius 2 is 1.67 bits per heavy atom. The van der Waals surface area contributed by atoms with Crippen LogP contribution in [0.5, 0.6) is 11.5 Å². The highest BCUT2D eigenvalue weighted by Gasteiger charge is 2.26. The van der Waals surface area contributed by atoms with Crippen LogP contribution in [0.2, 0.25) is 0 Å². The molecule has 1 heterocycles. The molecule has 0 amide bonds. The molecule has 1 aliphatic heterocycles. The maximum absolute atomic E-state index is 12.5. The number of rotatable bonds is 6. The summed E-state index contributed by atoms with van der Waals surface area (Å²) in [7, 11) is -1.73. The minimum Gasteiger partial charge on any atom is -0.497 e. The minimum atomic E-state index is -3.33. The largest absolute Gasteiger partial charge is 0.497 e. The van der Waals surface area contributed by atoms with Gasteiger partial charge in [-0.05, 0) is 41.8 Å². The molecule has 6 heteroatoms. The first-order valence-corrected chi connectivity index (χ1v) is 9.51. The summed E-state index contributed by atoms with van der Waals surface area (Å²) in [6.07, 6.45) is 0.759. The van der Waals surface area contributed by atoms with E-state index in [1.807, 2.05) is 18.2 Å². The van der Waals surface area contributed by atoms with E-state index in [-0.39, 0.29) is 12.4 Å². The number of hydrogen-bond donors (Lipinski definition) is 0. The van der Waals surface area contributed by atoms with Gasteiger partial charge in [0.15, 0.2) is 0 Å². The van der Waals surface area contributed by atoms with Gasteiger partial charge < -0.3 is 9.47 Å². The fourth-order valence-electron chi connectivity index (χ4n) is 2.77. The molecule has 2 aromatic rings. The van der Waals surface area contributed by atoms with E-state index >= 15 is 0 Å². The molecule has 3 rings (SSSR count). The lowest BCUT2D eigenvalue weighted by molar-refractivity contribution is 0.330. The molecule has 24 heavy (non-hydrogen) atoms. The van der Waals surface area contributed by atoms with Crippen molar-refractivity contribution in [1.82, 2.24) is 4.31 Å². The minimum absolute atomic E-state index is 0.0266. The molecular weight excluding hydrogens is 326 g/mol. The van der Waals surface area contributed by atoms with Gasteiger partial charge in [0.05, 0.1) is 12.9 Å². The summed E-state index contributed by atoms with van der Waals surface area (Å²) in [5.41, 5.74) is 2.32. The molecule has 0 spiro atoms. The van der Waals surface area contributed by atoms with Gasteiger partial charge in [0.25, 0.3) is 0 Å². The second kappa shape index (κ2) is 7.23. The second-order valence-electron chi connectivity index (χ2n) is 5.69. The molecule has 0 radical (unpaired) electrons. The van der Waals surface area contributed by atoms with E-state index < -0.39 is 10.0 Å². The van der Waals surface area contributed by atoms with Crippen molar-refractivity contribution in [2.45, 2.75) is 13.0 Å². The molecule has 0 bridgehead atoms. The van der Waals surface area contributed by atoms with Crippen molar-refractivity contribution in [2.75, 3.05) is 26.0 Å². The van der Waals surface area contributed by atoms with Gasteiger partial charge in [-0.3, -0.25) is 0 Å². The van der Waals surface area contributed by atoms with Crippen molar-refractivity contribution >= 4 is 10.0 Å². The number of sulfonamides is 1. The number of methoxy groups -OCH3 is 1. The Bertz CT molecular complexity index is 787. The second-order valence-corrected chi connectivity index (χ2v) is 7.78. The Balaban J connectivity index is 1.56. The van der Waals surface area contributed by atoms with Crippen LogP contribution in [0.1, 0.15) is 11.1 Å². The number of nitrogens with zero attached hydrogens (tertiary/aromatic N) is 1. The van der Waals surface area contributed by atoms with Crippen LogP contribution in [0.3, 0.4) is 0 Å². The predicted octanol–water partition coefficient (Wildman–Crippen LogP) is 2.46. The third-order valence-corrected chi connectivity index (χ3v) is 5.94. The molecule has 5 nitrogen and oxygen atoms in total. The lowest BCUT2D eigenvalue weighted by atomic mass is 10.0. The molecular formula is C18H21NO4S. The van der Waals surface area contributed by atoms with Gasteiger partial charge in [-0.2, -0.15) is 4.31 Å². The summed E-state index contributed by atoms with van der Waals surface area (Å²) >= 11 is 0. The highest BCUT2D eigenvalue weighted by atomic mass is 32.2. The summed E-state index contributed by atoms with van der Waals surface area (Å²) in [5.74, 6) is 1.35. The van der Waals surface area contributed by atoms with E-state index in [9.17, 15) is 8.42 Å². The summed E-state index contributed by atoms with van der Waals surface area (Å²) in [6.45, 7) is 1.11. The van der Waals surface area contributed by atoms with Gasteiger partial charge in [-0.15, -0.1) is 0 Å². The Labute approximate surface area is 142 Å². The van der Waals surface area contributed by atoms with Gasteiger partial charge >= 0.3 is 0 Å². The normalized spacial score (nSPS) is 14.9. The Kier molecular flexibility index (Phi) is 5.06. The van der Waals surface area contributed by atoms with E-state index in [0.717, 1.165) is 17.7 Å². The highest BCUT2D eigenvalue weighted by Crippen LogP contribution is 2.21. The molecule has 0 saturated carbocycles. The average Bonchev–Trinajstić information content (AvgIpc) is 2.62. The molecule has 0 saturated heterocycles. The van der Waals surface area contributed by atoms with Crippen molar-refractivity contribution < 1.29 is 17.9 Å². The van der Waals surface area contributed by atoms with E-state index in [0.29, 0.717) is 18.8 Å². The van der Waals surface area contributed by atoms with Crippen LogP contribution in [0, 0.1) is 0 Å². The lowest BCUT2D eigenvalue weighted by Crippen LogP contribution is -2.38. The molecule has 128 valence electrons. The fraction of sp³-hybridized carbons (Fsp3) is 0.333. The molecule has 1 aliphatic rings. The van der Waals surface area contributed by atoms with E-state index in [1.165, 1.54) is 5.56 Å². The van der Waals surface area contributed by atoms with Gasteiger partial charge in [0, 0.05) is 13.1 Å². The number of fused-ring (bicyclic) bond motifs is 1. The summed E-state index contributed by atoms with van der Waals surface area (Å²) in [6, 6.07) is 15.1. The molecule has 2 aromatic carbocycles. The Morgan fingerprint density at radius 3 is 2.38 bits per heavy atom. The fourth-order valence-corrected chi connectivity index (χ4v) is 4.03. The molecule has 0 atom stereocenters. The van der Waals surface area contributed by atoms with Gasteiger partial charge in [-0.1, -0.05) is 24.3 Å². The van der Waals surface area contributed by atoms with Crippen LogP contribution in [0.25, 0.3) is 0 Å². The number of hydrogen-bond acceptors (Lipinski definition) is 4.